The van der Waals surface area contributed by atoms with Gasteiger partial charge in [0.2, 0.25) is 0 Å². The summed E-state index contributed by atoms with van der Waals surface area (Å²) in [6, 6.07) is 18.4. The number of aliphatic imine (C=N–C) groups is 1. The molecule has 6 nitrogen and oxygen atoms in total. The summed E-state index contributed by atoms with van der Waals surface area (Å²) in [4.78, 5) is 30.6. The largest absolute Gasteiger partial charge is 0.489 e. The lowest BCUT2D eigenvalue weighted by molar-refractivity contribution is -0.121. The molecule has 1 saturated heterocycles. The number of hydrogen-bond donors (Lipinski definition) is 1. The first-order valence-corrected chi connectivity index (χ1v) is 11.2. The van der Waals surface area contributed by atoms with Gasteiger partial charge >= 0.3 is 5.97 Å². The van der Waals surface area contributed by atoms with E-state index in [1.54, 1.807) is 56.4 Å². The number of carboxylic acids is 1. The first-order chi connectivity index (χ1) is 16.3. The number of amidine groups is 1. The van der Waals surface area contributed by atoms with Crippen molar-refractivity contribution in [2.75, 3.05) is 7.05 Å². The Balaban J connectivity index is 1.48. The molecule has 1 fully saturated rings. The van der Waals surface area contributed by atoms with Crippen molar-refractivity contribution in [3.05, 3.63) is 99.7 Å². The SMILES string of the molecule is Cc1c(N=C2S/C(=C\c3ccc(OCc4cccc(F)c4)cc3)C(=O)N2C)cccc1C(=O)O. The average Bonchev–Trinajstić information content (AvgIpc) is 3.07. The fraction of sp³-hybridized carbons (Fsp3) is 0.115. The van der Waals surface area contributed by atoms with Gasteiger partial charge in [-0.05, 0) is 77.9 Å². The van der Waals surface area contributed by atoms with E-state index in [-0.39, 0.29) is 23.9 Å². The van der Waals surface area contributed by atoms with Crippen LogP contribution in [0.4, 0.5) is 10.1 Å². The number of rotatable bonds is 6. The molecule has 1 aliphatic heterocycles. The van der Waals surface area contributed by atoms with Crippen molar-refractivity contribution in [1.29, 1.82) is 0 Å². The first kappa shape index (κ1) is 23.3. The molecule has 0 atom stereocenters. The molecule has 172 valence electrons. The number of thioether (sulfide) groups is 1. The Labute approximate surface area is 200 Å². The summed E-state index contributed by atoms with van der Waals surface area (Å²) in [7, 11) is 1.63. The number of likely N-dealkylation sites (N-methyl/N-ethyl adjacent to an activating group) is 1. The van der Waals surface area contributed by atoms with Gasteiger partial charge in [0.25, 0.3) is 5.91 Å². The lowest BCUT2D eigenvalue weighted by Gasteiger charge is -2.09. The van der Waals surface area contributed by atoms with Crippen LogP contribution in [0.1, 0.15) is 27.0 Å². The number of ether oxygens (including phenoxy) is 1. The third-order valence-corrected chi connectivity index (χ3v) is 6.29. The normalized spacial score (nSPS) is 15.9. The summed E-state index contributed by atoms with van der Waals surface area (Å²) in [5.74, 6) is -0.890. The Morgan fingerprint density at radius 1 is 1.15 bits per heavy atom. The van der Waals surface area contributed by atoms with Crippen LogP contribution in [0.2, 0.25) is 0 Å². The van der Waals surface area contributed by atoms with Gasteiger partial charge in [0.15, 0.2) is 5.17 Å². The van der Waals surface area contributed by atoms with E-state index in [9.17, 15) is 19.1 Å². The highest BCUT2D eigenvalue weighted by Gasteiger charge is 2.30. The van der Waals surface area contributed by atoms with Crippen LogP contribution < -0.4 is 4.74 Å². The van der Waals surface area contributed by atoms with Gasteiger partial charge in [-0.1, -0.05) is 30.3 Å². The van der Waals surface area contributed by atoms with E-state index in [1.165, 1.54) is 34.9 Å². The van der Waals surface area contributed by atoms with Crippen molar-refractivity contribution in [2.45, 2.75) is 13.5 Å². The molecule has 0 aliphatic carbocycles. The maximum absolute atomic E-state index is 13.3. The zero-order chi connectivity index (χ0) is 24.2. The first-order valence-electron chi connectivity index (χ1n) is 10.4. The highest BCUT2D eigenvalue weighted by molar-refractivity contribution is 8.18. The molecule has 0 unspecified atom stereocenters. The number of carbonyl (C=O) groups is 2. The van der Waals surface area contributed by atoms with Crippen molar-refractivity contribution in [3.8, 4) is 5.75 Å². The summed E-state index contributed by atoms with van der Waals surface area (Å²) in [5, 5.41) is 9.79. The predicted octanol–water partition coefficient (Wildman–Crippen LogP) is 5.65. The summed E-state index contributed by atoms with van der Waals surface area (Å²) in [6.07, 6.45) is 1.77. The van der Waals surface area contributed by atoms with Gasteiger partial charge in [-0.3, -0.25) is 9.69 Å². The molecule has 1 aliphatic rings. The van der Waals surface area contributed by atoms with Crippen LogP contribution in [0.3, 0.4) is 0 Å². The maximum Gasteiger partial charge on any atom is 0.336 e. The molecule has 1 heterocycles. The van der Waals surface area contributed by atoms with Gasteiger partial charge in [-0.25, -0.2) is 14.2 Å². The fourth-order valence-electron chi connectivity index (χ4n) is 3.34. The Bertz CT molecular complexity index is 1320. The van der Waals surface area contributed by atoms with Gasteiger partial charge < -0.3 is 9.84 Å². The number of benzene rings is 3. The molecule has 0 bridgehead atoms. The fourth-order valence-corrected chi connectivity index (χ4v) is 4.32. The highest BCUT2D eigenvalue weighted by atomic mass is 32.2. The lowest BCUT2D eigenvalue weighted by Crippen LogP contribution is -2.23. The molecular weight excluding hydrogens is 455 g/mol. The lowest BCUT2D eigenvalue weighted by atomic mass is 10.1. The third kappa shape index (κ3) is 5.18. The summed E-state index contributed by atoms with van der Waals surface area (Å²) < 4.78 is 19.0. The molecular formula is C26H21FN2O4S. The molecule has 34 heavy (non-hydrogen) atoms. The maximum atomic E-state index is 13.3. The smallest absolute Gasteiger partial charge is 0.336 e. The van der Waals surface area contributed by atoms with Gasteiger partial charge in [0.05, 0.1) is 16.2 Å². The number of halogens is 1. The predicted molar refractivity (Wildman–Crippen MR) is 131 cm³/mol. The second kappa shape index (κ2) is 9.93. The van der Waals surface area contributed by atoms with Gasteiger partial charge in [-0.15, -0.1) is 0 Å². The summed E-state index contributed by atoms with van der Waals surface area (Å²) in [6.45, 7) is 1.94. The quantitative estimate of drug-likeness (QED) is 0.466. The minimum atomic E-state index is -1.02. The molecule has 3 aromatic carbocycles. The van der Waals surface area contributed by atoms with Crippen molar-refractivity contribution >= 4 is 40.6 Å². The van der Waals surface area contributed by atoms with Crippen LogP contribution in [0.15, 0.2) is 76.6 Å². The third-order valence-electron chi connectivity index (χ3n) is 5.23. The molecule has 1 N–H and O–H groups in total. The van der Waals surface area contributed by atoms with Gasteiger partial charge in [-0.2, -0.15) is 0 Å². The topological polar surface area (TPSA) is 79.2 Å². The molecule has 3 aromatic rings. The number of carboxylic acid groups (broad SMARTS) is 1. The Morgan fingerprint density at radius 2 is 1.88 bits per heavy atom. The average molecular weight is 477 g/mol. The molecule has 0 saturated carbocycles. The van der Waals surface area contributed by atoms with Crippen LogP contribution in [0.5, 0.6) is 5.75 Å². The number of carbonyl (C=O) groups excluding carboxylic acids is 1. The molecule has 0 aromatic heterocycles. The van der Waals surface area contributed by atoms with Gasteiger partial charge in [0.1, 0.15) is 18.2 Å². The summed E-state index contributed by atoms with van der Waals surface area (Å²) >= 11 is 1.23. The number of amides is 1. The van der Waals surface area contributed by atoms with Crippen LogP contribution in [0, 0.1) is 12.7 Å². The zero-order valence-corrected chi connectivity index (χ0v) is 19.3. The van der Waals surface area contributed by atoms with Crippen LogP contribution >= 0.6 is 11.8 Å². The number of nitrogens with zero attached hydrogens (tertiary/aromatic N) is 2. The van der Waals surface area contributed by atoms with Crippen molar-refractivity contribution in [2.24, 2.45) is 4.99 Å². The molecule has 4 rings (SSSR count). The molecule has 1 amide bonds. The van der Waals surface area contributed by atoms with Crippen molar-refractivity contribution < 1.29 is 23.8 Å². The zero-order valence-electron chi connectivity index (χ0n) is 18.5. The van der Waals surface area contributed by atoms with Crippen LogP contribution in [-0.2, 0) is 11.4 Å². The van der Waals surface area contributed by atoms with E-state index in [0.29, 0.717) is 27.1 Å². The Morgan fingerprint density at radius 3 is 2.59 bits per heavy atom. The minimum Gasteiger partial charge on any atom is -0.489 e. The molecule has 8 heteroatoms. The van der Waals surface area contributed by atoms with Crippen molar-refractivity contribution in [1.82, 2.24) is 4.90 Å². The number of aromatic carboxylic acids is 1. The monoisotopic (exact) mass is 476 g/mol. The second-order valence-electron chi connectivity index (χ2n) is 7.61. The Hall–Kier alpha value is -3.91. The van der Waals surface area contributed by atoms with E-state index in [1.807, 2.05) is 12.1 Å². The van der Waals surface area contributed by atoms with Crippen molar-refractivity contribution in [3.63, 3.8) is 0 Å². The van der Waals surface area contributed by atoms with E-state index >= 15 is 0 Å². The number of hydrogen-bond acceptors (Lipinski definition) is 5. The highest BCUT2D eigenvalue weighted by Crippen LogP contribution is 2.34. The Kier molecular flexibility index (Phi) is 6.79. The molecule has 0 radical (unpaired) electrons. The van der Waals surface area contributed by atoms with E-state index < -0.39 is 5.97 Å². The second-order valence-corrected chi connectivity index (χ2v) is 8.62. The minimum absolute atomic E-state index is 0.175. The standard InChI is InChI=1S/C26H21FN2O4S/c1-16-21(25(31)32)7-4-8-22(16)28-26-29(2)24(30)23(34-26)14-17-9-11-20(12-10-17)33-15-18-5-3-6-19(27)13-18/h3-14H,15H2,1-2H3,(H,31,32)/b23-14-,28-26?. The van der Waals surface area contributed by atoms with Crippen LogP contribution in [0.25, 0.3) is 6.08 Å². The molecule has 0 spiro atoms. The van der Waals surface area contributed by atoms with E-state index in [4.69, 9.17) is 4.74 Å². The summed E-state index contributed by atoms with van der Waals surface area (Å²) in [5.41, 5.74) is 2.76. The van der Waals surface area contributed by atoms with E-state index in [0.717, 1.165) is 11.1 Å². The van der Waals surface area contributed by atoms with E-state index in [2.05, 4.69) is 4.99 Å². The van der Waals surface area contributed by atoms with Gasteiger partial charge in [0, 0.05) is 7.05 Å². The van der Waals surface area contributed by atoms with Crippen LogP contribution in [-0.4, -0.2) is 34.1 Å².